The lowest BCUT2D eigenvalue weighted by Gasteiger charge is -2.10. The first kappa shape index (κ1) is 16.6. The smallest absolute Gasteiger partial charge is 0.357 e. The second kappa shape index (κ2) is 6.70. The van der Waals surface area contributed by atoms with Crippen molar-refractivity contribution in [1.82, 2.24) is 14.8 Å². The first-order chi connectivity index (χ1) is 12.0. The van der Waals surface area contributed by atoms with Crippen LogP contribution in [0.2, 0.25) is 5.15 Å². The highest BCUT2D eigenvalue weighted by Crippen LogP contribution is 2.17. The Morgan fingerprint density at radius 2 is 1.88 bits per heavy atom. The number of rotatable bonds is 4. The number of anilines is 1. The Hall–Kier alpha value is -3.26. The minimum atomic E-state index is -1.29. The second-order valence-electron chi connectivity index (χ2n) is 5.05. The molecule has 3 rings (SSSR count). The molecule has 25 heavy (non-hydrogen) atoms. The van der Waals surface area contributed by atoms with Crippen LogP contribution in [0.15, 0.2) is 47.4 Å². The fraction of sp³-hybridized carbons (Fsp3) is 0.0625. The maximum atomic E-state index is 12.4. The van der Waals surface area contributed by atoms with Crippen LogP contribution >= 0.6 is 11.6 Å². The summed E-state index contributed by atoms with van der Waals surface area (Å²) in [6.07, 6.45) is 1.46. The Labute approximate surface area is 145 Å². The Morgan fingerprint density at radius 1 is 1.16 bits per heavy atom. The fourth-order valence-corrected chi connectivity index (χ4v) is 2.47. The molecular formula is C16H11ClN4O4. The van der Waals surface area contributed by atoms with E-state index < -0.39 is 24.0 Å². The number of aromatic carboxylic acids is 1. The van der Waals surface area contributed by atoms with Crippen molar-refractivity contribution in [3.63, 3.8) is 0 Å². The predicted octanol–water partition coefficient (Wildman–Crippen LogP) is 1.78. The van der Waals surface area contributed by atoms with Gasteiger partial charge in [0.15, 0.2) is 10.8 Å². The van der Waals surface area contributed by atoms with E-state index in [1.165, 1.54) is 18.3 Å². The van der Waals surface area contributed by atoms with Crippen molar-refractivity contribution < 1.29 is 14.7 Å². The topological polar surface area (TPSA) is 114 Å². The molecule has 0 atom stereocenters. The quantitative estimate of drug-likeness (QED) is 0.687. The highest BCUT2D eigenvalue weighted by Gasteiger charge is 2.17. The molecule has 0 fully saturated rings. The maximum Gasteiger partial charge on any atom is 0.357 e. The largest absolute Gasteiger partial charge is 0.476 e. The van der Waals surface area contributed by atoms with Gasteiger partial charge in [0.25, 0.3) is 5.56 Å². The van der Waals surface area contributed by atoms with Crippen LogP contribution in [0.4, 0.5) is 5.69 Å². The number of amides is 1. The van der Waals surface area contributed by atoms with E-state index in [9.17, 15) is 19.5 Å². The van der Waals surface area contributed by atoms with E-state index in [1.807, 2.05) is 0 Å². The van der Waals surface area contributed by atoms with Gasteiger partial charge < -0.3 is 10.4 Å². The molecule has 0 aliphatic carbocycles. The minimum Gasteiger partial charge on any atom is -0.476 e. The summed E-state index contributed by atoms with van der Waals surface area (Å²) in [7, 11) is 0. The lowest BCUT2D eigenvalue weighted by molar-refractivity contribution is -0.117. The third-order valence-electron chi connectivity index (χ3n) is 3.40. The molecule has 2 aromatic heterocycles. The lowest BCUT2D eigenvalue weighted by atomic mass is 10.1. The van der Waals surface area contributed by atoms with Crippen molar-refractivity contribution in [2.45, 2.75) is 6.54 Å². The fourth-order valence-electron chi connectivity index (χ4n) is 2.31. The molecule has 0 aliphatic rings. The predicted molar refractivity (Wildman–Crippen MR) is 90.8 cm³/mol. The van der Waals surface area contributed by atoms with Gasteiger partial charge in [-0.2, -0.15) is 5.10 Å². The SMILES string of the molecule is O=C(Cn1nc(C(=O)O)c2ccccc2c1=O)Nc1cccnc1Cl. The highest BCUT2D eigenvalue weighted by atomic mass is 35.5. The molecule has 1 amide bonds. The van der Waals surface area contributed by atoms with Crippen LogP contribution in [-0.4, -0.2) is 31.7 Å². The normalized spacial score (nSPS) is 10.6. The summed E-state index contributed by atoms with van der Waals surface area (Å²) in [4.78, 5) is 39.8. The number of hydrogen-bond acceptors (Lipinski definition) is 5. The summed E-state index contributed by atoms with van der Waals surface area (Å²) >= 11 is 5.86. The van der Waals surface area contributed by atoms with Gasteiger partial charge in [-0.25, -0.2) is 14.5 Å². The van der Waals surface area contributed by atoms with E-state index in [1.54, 1.807) is 24.3 Å². The van der Waals surface area contributed by atoms with E-state index >= 15 is 0 Å². The number of halogens is 1. The Balaban J connectivity index is 1.97. The molecule has 2 N–H and O–H groups in total. The molecule has 0 saturated heterocycles. The average molecular weight is 359 g/mol. The third-order valence-corrected chi connectivity index (χ3v) is 3.70. The van der Waals surface area contributed by atoms with Gasteiger partial charge in [0.2, 0.25) is 5.91 Å². The van der Waals surface area contributed by atoms with Crippen molar-refractivity contribution in [1.29, 1.82) is 0 Å². The van der Waals surface area contributed by atoms with E-state index in [2.05, 4.69) is 15.4 Å². The number of pyridine rings is 1. The zero-order valence-electron chi connectivity index (χ0n) is 12.6. The van der Waals surface area contributed by atoms with Crippen molar-refractivity contribution in [3.05, 3.63) is 63.8 Å². The van der Waals surface area contributed by atoms with E-state index in [0.717, 1.165) is 4.68 Å². The average Bonchev–Trinajstić information content (AvgIpc) is 2.59. The van der Waals surface area contributed by atoms with Crippen LogP contribution < -0.4 is 10.9 Å². The molecule has 0 saturated carbocycles. The zero-order valence-corrected chi connectivity index (χ0v) is 13.4. The van der Waals surface area contributed by atoms with Crippen LogP contribution in [-0.2, 0) is 11.3 Å². The van der Waals surface area contributed by atoms with Gasteiger partial charge in [-0.05, 0) is 18.2 Å². The van der Waals surface area contributed by atoms with E-state index in [4.69, 9.17) is 11.6 Å². The number of carbonyl (C=O) groups excluding carboxylic acids is 1. The van der Waals surface area contributed by atoms with E-state index in [-0.39, 0.29) is 27.3 Å². The summed E-state index contributed by atoms with van der Waals surface area (Å²) in [6.45, 7) is -0.463. The summed E-state index contributed by atoms with van der Waals surface area (Å²) in [5.74, 6) is -1.88. The molecule has 0 aliphatic heterocycles. The van der Waals surface area contributed by atoms with Crippen molar-refractivity contribution in [2.75, 3.05) is 5.32 Å². The number of aromatic nitrogens is 3. The molecule has 126 valence electrons. The number of carboxylic acids is 1. The second-order valence-corrected chi connectivity index (χ2v) is 5.41. The Bertz CT molecular complexity index is 1050. The van der Waals surface area contributed by atoms with Crippen molar-refractivity contribution in [3.8, 4) is 0 Å². The first-order valence-electron chi connectivity index (χ1n) is 7.11. The maximum absolute atomic E-state index is 12.4. The standard InChI is InChI=1S/C16H11ClN4O4/c17-14-11(6-3-7-18-14)19-12(22)8-21-15(23)10-5-2-1-4-9(10)13(20-21)16(24)25/h1-7H,8H2,(H,19,22)(H,24,25). The summed E-state index contributed by atoms with van der Waals surface area (Å²) in [6, 6.07) is 9.33. The molecule has 0 radical (unpaired) electrons. The molecular weight excluding hydrogens is 348 g/mol. The lowest BCUT2D eigenvalue weighted by Crippen LogP contribution is -2.31. The third kappa shape index (κ3) is 3.33. The minimum absolute atomic E-state index is 0.0980. The first-order valence-corrected chi connectivity index (χ1v) is 7.48. The zero-order chi connectivity index (χ0) is 18.0. The van der Waals surface area contributed by atoms with Gasteiger partial charge in [0.1, 0.15) is 6.54 Å². The molecule has 0 spiro atoms. The van der Waals surface area contributed by atoms with Crippen LogP contribution in [0, 0.1) is 0 Å². The molecule has 1 aromatic carbocycles. The Morgan fingerprint density at radius 3 is 2.56 bits per heavy atom. The molecule has 0 bridgehead atoms. The summed E-state index contributed by atoms with van der Waals surface area (Å²) in [5.41, 5.74) is -0.586. The van der Waals surface area contributed by atoms with Gasteiger partial charge in [-0.1, -0.05) is 29.8 Å². The number of hydrogen-bond donors (Lipinski definition) is 2. The molecule has 0 unspecified atom stereocenters. The van der Waals surface area contributed by atoms with Crippen LogP contribution in [0.5, 0.6) is 0 Å². The van der Waals surface area contributed by atoms with Gasteiger partial charge in [0, 0.05) is 11.6 Å². The van der Waals surface area contributed by atoms with Crippen molar-refractivity contribution in [2.24, 2.45) is 0 Å². The van der Waals surface area contributed by atoms with Crippen molar-refractivity contribution >= 4 is 39.9 Å². The number of nitrogens with zero attached hydrogens (tertiary/aromatic N) is 3. The van der Waals surface area contributed by atoms with E-state index in [0.29, 0.717) is 0 Å². The summed E-state index contributed by atoms with van der Waals surface area (Å²) < 4.78 is 0.811. The molecule has 2 heterocycles. The molecule has 3 aromatic rings. The number of carboxylic acid groups (broad SMARTS) is 1. The molecule has 8 nitrogen and oxygen atoms in total. The molecule has 9 heteroatoms. The monoisotopic (exact) mass is 358 g/mol. The summed E-state index contributed by atoms with van der Waals surface area (Å²) in [5, 5.41) is 16.1. The number of carbonyl (C=O) groups is 2. The number of nitrogens with one attached hydrogen (secondary N) is 1. The van der Waals surface area contributed by atoms with Gasteiger partial charge in [-0.3, -0.25) is 9.59 Å². The van der Waals surface area contributed by atoms with Gasteiger partial charge in [0.05, 0.1) is 11.1 Å². The highest BCUT2D eigenvalue weighted by molar-refractivity contribution is 6.32. The van der Waals surface area contributed by atoms with Gasteiger partial charge >= 0.3 is 5.97 Å². The van der Waals surface area contributed by atoms with Crippen LogP contribution in [0.25, 0.3) is 10.8 Å². The Kier molecular flexibility index (Phi) is 4.44. The number of fused-ring (bicyclic) bond motifs is 1. The van der Waals surface area contributed by atoms with Gasteiger partial charge in [-0.15, -0.1) is 0 Å². The van der Waals surface area contributed by atoms with Crippen LogP contribution in [0.1, 0.15) is 10.5 Å². The van der Waals surface area contributed by atoms with Crippen LogP contribution in [0.3, 0.4) is 0 Å². The number of benzene rings is 1.